The minimum Gasteiger partial charge on any atom is -0.324 e. The van der Waals surface area contributed by atoms with E-state index in [0.29, 0.717) is 0 Å². The topological polar surface area (TPSA) is 26.0 Å². The fourth-order valence-corrected chi connectivity index (χ4v) is 3.12. The molecule has 86 valence electrons. The predicted octanol–water partition coefficient (Wildman–Crippen LogP) is 4.06. The molecule has 17 heavy (non-hydrogen) atoms. The average Bonchev–Trinajstić information content (AvgIpc) is 2.72. The van der Waals surface area contributed by atoms with E-state index in [1.165, 1.54) is 22.3 Å². The van der Waals surface area contributed by atoms with Gasteiger partial charge in [-0.3, -0.25) is 0 Å². The smallest absolute Gasteiger partial charge is 0.0300 e. The zero-order chi connectivity index (χ0) is 11.8. The molecular weight excluding hydrogens is 274 g/mol. The third-order valence-corrected chi connectivity index (χ3v) is 4.17. The maximum atomic E-state index is 6.12. The fourth-order valence-electron chi connectivity index (χ4n) is 2.62. The van der Waals surface area contributed by atoms with Gasteiger partial charge < -0.3 is 5.73 Å². The monoisotopic (exact) mass is 287 g/mol. The molecule has 0 amide bonds. The lowest BCUT2D eigenvalue weighted by molar-refractivity contribution is 0.713. The van der Waals surface area contributed by atoms with Crippen molar-refractivity contribution in [2.45, 2.75) is 18.9 Å². The van der Waals surface area contributed by atoms with Crippen LogP contribution in [0.1, 0.15) is 23.6 Å². The molecule has 1 unspecified atom stereocenters. The summed E-state index contributed by atoms with van der Waals surface area (Å²) in [5.74, 6) is 0. The van der Waals surface area contributed by atoms with Crippen LogP contribution in [0, 0.1) is 0 Å². The second kappa shape index (κ2) is 4.28. The van der Waals surface area contributed by atoms with Gasteiger partial charge in [-0.1, -0.05) is 52.3 Å². The zero-order valence-electron chi connectivity index (χ0n) is 9.49. The third kappa shape index (κ3) is 1.81. The quantitative estimate of drug-likeness (QED) is 0.841. The van der Waals surface area contributed by atoms with Gasteiger partial charge in [-0.2, -0.15) is 0 Å². The van der Waals surface area contributed by atoms with Crippen molar-refractivity contribution >= 4 is 15.9 Å². The van der Waals surface area contributed by atoms with Crippen LogP contribution in [0.5, 0.6) is 0 Å². The third-order valence-electron chi connectivity index (χ3n) is 3.48. The molecule has 0 fully saturated rings. The summed E-state index contributed by atoms with van der Waals surface area (Å²) < 4.78 is 1.15. The molecule has 0 aromatic heterocycles. The van der Waals surface area contributed by atoms with E-state index in [2.05, 4.69) is 52.3 Å². The number of nitrogens with two attached hydrogens (primary N) is 1. The lowest BCUT2D eigenvalue weighted by Gasteiger charge is -2.11. The van der Waals surface area contributed by atoms with Gasteiger partial charge in [-0.05, 0) is 41.2 Å². The minimum absolute atomic E-state index is 0.215. The molecule has 1 aliphatic rings. The molecule has 0 bridgehead atoms. The molecule has 3 rings (SSSR count). The predicted molar refractivity (Wildman–Crippen MR) is 74.8 cm³/mol. The largest absolute Gasteiger partial charge is 0.324 e. The van der Waals surface area contributed by atoms with E-state index in [9.17, 15) is 0 Å². The second-order valence-electron chi connectivity index (χ2n) is 4.50. The summed E-state index contributed by atoms with van der Waals surface area (Å²) in [5.41, 5.74) is 11.4. The van der Waals surface area contributed by atoms with Crippen molar-refractivity contribution in [3.63, 3.8) is 0 Å². The van der Waals surface area contributed by atoms with Crippen molar-refractivity contribution in [3.05, 3.63) is 58.1 Å². The summed E-state index contributed by atoms with van der Waals surface area (Å²) in [7, 11) is 0. The first-order valence-electron chi connectivity index (χ1n) is 5.89. The summed E-state index contributed by atoms with van der Waals surface area (Å²) in [6.07, 6.45) is 2.16. The highest BCUT2D eigenvalue weighted by Gasteiger charge is 2.22. The highest BCUT2D eigenvalue weighted by atomic mass is 79.9. The van der Waals surface area contributed by atoms with Gasteiger partial charge in [0.05, 0.1) is 0 Å². The Bertz CT molecular complexity index is 563. The van der Waals surface area contributed by atoms with Gasteiger partial charge in [0.2, 0.25) is 0 Å². The SMILES string of the molecule is NC1CCc2c(-c3ccccc3Br)cccc21. The fraction of sp³-hybridized carbons (Fsp3) is 0.200. The molecule has 0 aliphatic heterocycles. The standard InChI is InChI=1S/C15H14BrN/c16-14-7-2-1-4-12(14)10-5-3-6-13-11(10)8-9-15(13)17/h1-7,15H,8-9,17H2. The molecule has 2 N–H and O–H groups in total. The van der Waals surface area contributed by atoms with Gasteiger partial charge >= 0.3 is 0 Å². The normalized spacial score (nSPS) is 18.1. The maximum absolute atomic E-state index is 6.12. The molecule has 2 aromatic carbocycles. The van der Waals surface area contributed by atoms with Crippen LogP contribution in [0.15, 0.2) is 46.9 Å². The Morgan fingerprint density at radius 3 is 2.59 bits per heavy atom. The van der Waals surface area contributed by atoms with Crippen LogP contribution in [-0.4, -0.2) is 0 Å². The molecule has 1 nitrogen and oxygen atoms in total. The Morgan fingerprint density at radius 2 is 1.76 bits per heavy atom. The van der Waals surface area contributed by atoms with E-state index in [1.807, 2.05) is 6.07 Å². The molecule has 0 radical (unpaired) electrons. The van der Waals surface area contributed by atoms with Crippen LogP contribution < -0.4 is 5.73 Å². The minimum atomic E-state index is 0.215. The van der Waals surface area contributed by atoms with Gasteiger partial charge in [-0.25, -0.2) is 0 Å². The van der Waals surface area contributed by atoms with Crippen LogP contribution in [0.25, 0.3) is 11.1 Å². The summed E-state index contributed by atoms with van der Waals surface area (Å²) in [6.45, 7) is 0. The van der Waals surface area contributed by atoms with Crippen LogP contribution in [0.2, 0.25) is 0 Å². The van der Waals surface area contributed by atoms with E-state index in [-0.39, 0.29) is 6.04 Å². The van der Waals surface area contributed by atoms with Gasteiger partial charge in [0.15, 0.2) is 0 Å². The molecule has 0 heterocycles. The lowest BCUT2D eigenvalue weighted by atomic mass is 9.96. The van der Waals surface area contributed by atoms with Crippen molar-refractivity contribution in [3.8, 4) is 11.1 Å². The Labute approximate surface area is 110 Å². The van der Waals surface area contributed by atoms with E-state index < -0.39 is 0 Å². The summed E-state index contributed by atoms with van der Waals surface area (Å²) in [5, 5.41) is 0. The number of halogens is 1. The van der Waals surface area contributed by atoms with E-state index >= 15 is 0 Å². The first kappa shape index (κ1) is 11.0. The van der Waals surface area contributed by atoms with Gasteiger partial charge in [0.25, 0.3) is 0 Å². The highest BCUT2D eigenvalue weighted by molar-refractivity contribution is 9.10. The Balaban J connectivity index is 2.20. The lowest BCUT2D eigenvalue weighted by Crippen LogP contribution is -2.04. The molecule has 2 heteroatoms. The van der Waals surface area contributed by atoms with E-state index in [1.54, 1.807) is 0 Å². The van der Waals surface area contributed by atoms with Crippen molar-refractivity contribution in [1.82, 2.24) is 0 Å². The first-order chi connectivity index (χ1) is 8.27. The number of benzene rings is 2. The van der Waals surface area contributed by atoms with Gasteiger partial charge in [-0.15, -0.1) is 0 Å². The molecule has 0 spiro atoms. The molecule has 0 saturated heterocycles. The second-order valence-corrected chi connectivity index (χ2v) is 5.35. The van der Waals surface area contributed by atoms with Crippen LogP contribution >= 0.6 is 15.9 Å². The summed E-state index contributed by atoms with van der Waals surface area (Å²) in [6, 6.07) is 15.0. The average molecular weight is 288 g/mol. The molecule has 0 saturated carbocycles. The summed E-state index contributed by atoms with van der Waals surface area (Å²) in [4.78, 5) is 0. The van der Waals surface area contributed by atoms with E-state index in [0.717, 1.165) is 17.3 Å². The van der Waals surface area contributed by atoms with Crippen LogP contribution in [0.3, 0.4) is 0 Å². The number of hydrogen-bond donors (Lipinski definition) is 1. The van der Waals surface area contributed by atoms with Crippen molar-refractivity contribution in [2.24, 2.45) is 5.73 Å². The zero-order valence-corrected chi connectivity index (χ0v) is 11.1. The van der Waals surface area contributed by atoms with Gasteiger partial charge in [0.1, 0.15) is 0 Å². The maximum Gasteiger partial charge on any atom is 0.0300 e. The van der Waals surface area contributed by atoms with Crippen LogP contribution in [0.4, 0.5) is 0 Å². The van der Waals surface area contributed by atoms with Crippen molar-refractivity contribution in [2.75, 3.05) is 0 Å². The Morgan fingerprint density at radius 1 is 1.00 bits per heavy atom. The number of rotatable bonds is 1. The Kier molecular flexibility index (Phi) is 2.77. The Hall–Kier alpha value is -1.12. The summed E-state index contributed by atoms with van der Waals surface area (Å²) >= 11 is 3.63. The first-order valence-corrected chi connectivity index (χ1v) is 6.69. The van der Waals surface area contributed by atoms with E-state index in [4.69, 9.17) is 5.73 Å². The van der Waals surface area contributed by atoms with Crippen molar-refractivity contribution < 1.29 is 0 Å². The van der Waals surface area contributed by atoms with Crippen LogP contribution in [-0.2, 0) is 6.42 Å². The molecule has 2 aromatic rings. The number of hydrogen-bond acceptors (Lipinski definition) is 1. The highest BCUT2D eigenvalue weighted by Crippen LogP contribution is 2.38. The molecule has 1 aliphatic carbocycles. The number of fused-ring (bicyclic) bond motifs is 1. The molecular formula is C15H14BrN. The molecule has 1 atom stereocenters. The van der Waals surface area contributed by atoms with Crippen molar-refractivity contribution in [1.29, 1.82) is 0 Å². The van der Waals surface area contributed by atoms with Gasteiger partial charge in [0, 0.05) is 10.5 Å².